The number of aromatic amines is 1. The fraction of sp³-hybridized carbons (Fsp3) is 0.500. The lowest BCUT2D eigenvalue weighted by Gasteiger charge is -2.16. The number of nitrogens with one attached hydrogen (secondary N) is 2. The van der Waals surface area contributed by atoms with Crippen LogP contribution < -0.4 is 10.1 Å². The molecule has 6 nitrogen and oxygen atoms in total. The number of fused-ring (bicyclic) bond motifs is 1. The molecule has 1 heterocycles. The van der Waals surface area contributed by atoms with E-state index < -0.39 is 0 Å². The second kappa shape index (κ2) is 8.85. The number of carbonyl (C=O) groups excluding carboxylic acids is 1. The largest absolute Gasteiger partial charge is 0.496 e. The van der Waals surface area contributed by atoms with E-state index in [2.05, 4.69) is 15.5 Å². The van der Waals surface area contributed by atoms with E-state index in [0.717, 1.165) is 29.8 Å². The number of hydrogen-bond donors (Lipinski definition) is 2. The summed E-state index contributed by atoms with van der Waals surface area (Å²) in [6.07, 6.45) is 5.92. The molecule has 26 heavy (non-hydrogen) atoms. The van der Waals surface area contributed by atoms with Crippen molar-refractivity contribution >= 4 is 5.91 Å². The smallest absolute Gasteiger partial charge is 0.234 e. The molecule has 140 valence electrons. The molecule has 0 saturated carbocycles. The molecular weight excluding hydrogens is 328 g/mol. The van der Waals surface area contributed by atoms with E-state index in [9.17, 15) is 4.79 Å². The van der Waals surface area contributed by atoms with E-state index in [0.29, 0.717) is 19.6 Å². The molecule has 0 saturated heterocycles. The van der Waals surface area contributed by atoms with Gasteiger partial charge < -0.3 is 10.1 Å². The number of carbonyl (C=O) groups is 1. The predicted octanol–water partition coefficient (Wildman–Crippen LogP) is 2.44. The molecule has 0 radical (unpaired) electrons. The minimum absolute atomic E-state index is 0.0000293. The van der Waals surface area contributed by atoms with Crippen molar-refractivity contribution in [1.29, 1.82) is 0 Å². The molecule has 1 aliphatic carbocycles. The highest BCUT2D eigenvalue weighted by molar-refractivity contribution is 5.78. The lowest BCUT2D eigenvalue weighted by atomic mass is 10.1. The molecule has 0 aliphatic heterocycles. The van der Waals surface area contributed by atoms with Crippen LogP contribution in [-0.4, -0.2) is 41.7 Å². The number of likely N-dealkylation sites (N-methyl/N-ethyl adjacent to an activating group) is 1. The molecule has 1 aromatic carbocycles. The SMILES string of the molecule is COc1ccccc1CNC(=O)CN(C)Cc1n[nH]c2c1CCCCC2. The van der Waals surface area contributed by atoms with Crippen LogP contribution in [-0.2, 0) is 30.7 Å². The van der Waals surface area contributed by atoms with Gasteiger partial charge in [-0.05, 0) is 44.4 Å². The van der Waals surface area contributed by atoms with E-state index in [1.807, 2.05) is 36.2 Å². The molecule has 0 spiro atoms. The van der Waals surface area contributed by atoms with Crippen molar-refractivity contribution in [3.63, 3.8) is 0 Å². The van der Waals surface area contributed by atoms with Gasteiger partial charge >= 0.3 is 0 Å². The van der Waals surface area contributed by atoms with Crippen LogP contribution in [0.5, 0.6) is 5.75 Å². The van der Waals surface area contributed by atoms with Crippen molar-refractivity contribution in [2.45, 2.75) is 45.2 Å². The first-order chi connectivity index (χ1) is 12.7. The Labute approximate surface area is 154 Å². The monoisotopic (exact) mass is 356 g/mol. The van der Waals surface area contributed by atoms with Gasteiger partial charge in [0, 0.05) is 24.3 Å². The summed E-state index contributed by atoms with van der Waals surface area (Å²) >= 11 is 0. The zero-order chi connectivity index (χ0) is 18.4. The van der Waals surface area contributed by atoms with Gasteiger partial charge in [0.25, 0.3) is 0 Å². The number of rotatable bonds is 7. The lowest BCUT2D eigenvalue weighted by Crippen LogP contribution is -2.34. The lowest BCUT2D eigenvalue weighted by molar-refractivity contribution is -0.122. The van der Waals surface area contributed by atoms with E-state index in [-0.39, 0.29) is 5.91 Å². The van der Waals surface area contributed by atoms with Crippen LogP contribution in [0.15, 0.2) is 24.3 Å². The Morgan fingerprint density at radius 1 is 1.27 bits per heavy atom. The van der Waals surface area contributed by atoms with Gasteiger partial charge in [-0.1, -0.05) is 24.6 Å². The van der Waals surface area contributed by atoms with E-state index in [1.54, 1.807) is 7.11 Å². The Balaban J connectivity index is 1.51. The Morgan fingerprint density at radius 3 is 2.92 bits per heavy atom. The first-order valence-electron chi connectivity index (χ1n) is 9.29. The average molecular weight is 356 g/mol. The normalized spacial score (nSPS) is 14.0. The molecule has 1 aliphatic rings. The number of para-hydroxylation sites is 1. The summed E-state index contributed by atoms with van der Waals surface area (Å²) in [6, 6.07) is 7.73. The van der Waals surface area contributed by atoms with Crippen LogP contribution in [0.3, 0.4) is 0 Å². The van der Waals surface area contributed by atoms with E-state index in [4.69, 9.17) is 4.74 Å². The molecule has 3 rings (SSSR count). The number of nitrogens with zero attached hydrogens (tertiary/aromatic N) is 2. The second-order valence-corrected chi connectivity index (χ2v) is 6.95. The molecule has 1 aromatic heterocycles. The minimum atomic E-state index is 0.0000293. The highest BCUT2D eigenvalue weighted by Gasteiger charge is 2.17. The van der Waals surface area contributed by atoms with Gasteiger partial charge in [0.15, 0.2) is 0 Å². The number of hydrogen-bond acceptors (Lipinski definition) is 4. The summed E-state index contributed by atoms with van der Waals surface area (Å²) in [7, 11) is 3.60. The topological polar surface area (TPSA) is 70.2 Å². The molecule has 6 heteroatoms. The summed E-state index contributed by atoms with van der Waals surface area (Å²) in [5.41, 5.74) is 4.71. The number of ether oxygens (including phenoxy) is 1. The zero-order valence-corrected chi connectivity index (χ0v) is 15.7. The third-order valence-electron chi connectivity index (χ3n) is 4.89. The van der Waals surface area contributed by atoms with Gasteiger partial charge in [0.2, 0.25) is 5.91 Å². The maximum Gasteiger partial charge on any atom is 0.234 e. The first kappa shape index (κ1) is 18.5. The zero-order valence-electron chi connectivity index (χ0n) is 15.7. The molecule has 0 unspecified atom stereocenters. The molecule has 0 atom stereocenters. The van der Waals surface area contributed by atoms with Crippen LogP contribution in [0.25, 0.3) is 0 Å². The standard InChI is InChI=1S/C20H28N4O2/c1-24(13-18-16-9-4-3-5-10-17(16)22-23-18)14-20(25)21-12-15-8-6-7-11-19(15)26-2/h6-8,11H,3-5,9-10,12-14H2,1-2H3,(H,21,25)(H,22,23). The molecule has 2 aromatic rings. The number of H-pyrrole nitrogens is 1. The highest BCUT2D eigenvalue weighted by atomic mass is 16.5. The quantitative estimate of drug-likeness (QED) is 0.748. The van der Waals surface area contributed by atoms with Crippen LogP contribution in [0.1, 0.15) is 41.8 Å². The van der Waals surface area contributed by atoms with Gasteiger partial charge in [-0.2, -0.15) is 5.10 Å². The Kier molecular flexibility index (Phi) is 6.28. The maximum atomic E-state index is 12.3. The van der Waals surface area contributed by atoms with Crippen LogP contribution in [0.4, 0.5) is 0 Å². The molecule has 0 bridgehead atoms. The van der Waals surface area contributed by atoms with Crippen molar-refractivity contribution < 1.29 is 9.53 Å². The van der Waals surface area contributed by atoms with Gasteiger partial charge in [0.1, 0.15) is 5.75 Å². The van der Waals surface area contributed by atoms with Crippen molar-refractivity contribution in [1.82, 2.24) is 20.4 Å². The number of methoxy groups -OCH3 is 1. The van der Waals surface area contributed by atoms with Crippen molar-refractivity contribution in [2.24, 2.45) is 0 Å². The molecular formula is C20H28N4O2. The summed E-state index contributed by atoms with van der Waals surface area (Å²) in [4.78, 5) is 14.3. The van der Waals surface area contributed by atoms with E-state index >= 15 is 0 Å². The van der Waals surface area contributed by atoms with Gasteiger partial charge in [-0.3, -0.25) is 14.8 Å². The molecule has 1 amide bonds. The fourth-order valence-electron chi connectivity index (χ4n) is 3.51. The predicted molar refractivity (Wildman–Crippen MR) is 101 cm³/mol. The number of aryl methyl sites for hydroxylation is 1. The summed E-state index contributed by atoms with van der Waals surface area (Å²) in [5.74, 6) is 0.792. The summed E-state index contributed by atoms with van der Waals surface area (Å²) in [5, 5.41) is 10.6. The summed E-state index contributed by atoms with van der Waals surface area (Å²) in [6.45, 7) is 1.50. The maximum absolute atomic E-state index is 12.3. The van der Waals surface area contributed by atoms with Gasteiger partial charge in [-0.15, -0.1) is 0 Å². The Morgan fingerprint density at radius 2 is 2.08 bits per heavy atom. The first-order valence-corrected chi connectivity index (χ1v) is 9.29. The third-order valence-corrected chi connectivity index (χ3v) is 4.89. The molecule has 0 fully saturated rings. The number of amides is 1. The number of aromatic nitrogens is 2. The van der Waals surface area contributed by atoms with E-state index in [1.165, 1.54) is 30.5 Å². The third kappa shape index (κ3) is 4.64. The fourth-order valence-corrected chi connectivity index (χ4v) is 3.51. The van der Waals surface area contributed by atoms with Crippen molar-refractivity contribution in [3.05, 3.63) is 46.8 Å². The highest BCUT2D eigenvalue weighted by Crippen LogP contribution is 2.22. The van der Waals surface area contributed by atoms with Gasteiger partial charge in [-0.25, -0.2) is 0 Å². The van der Waals surface area contributed by atoms with Crippen LogP contribution >= 0.6 is 0 Å². The Hall–Kier alpha value is -2.34. The number of benzene rings is 1. The summed E-state index contributed by atoms with van der Waals surface area (Å²) < 4.78 is 5.32. The minimum Gasteiger partial charge on any atom is -0.496 e. The van der Waals surface area contributed by atoms with Gasteiger partial charge in [0.05, 0.1) is 19.3 Å². The Bertz CT molecular complexity index is 741. The van der Waals surface area contributed by atoms with Crippen LogP contribution in [0.2, 0.25) is 0 Å². The molecule has 2 N–H and O–H groups in total. The van der Waals surface area contributed by atoms with Crippen LogP contribution in [0, 0.1) is 0 Å². The van der Waals surface area contributed by atoms with Crippen molar-refractivity contribution in [2.75, 3.05) is 20.7 Å². The average Bonchev–Trinajstić information content (AvgIpc) is 2.87. The second-order valence-electron chi connectivity index (χ2n) is 6.95. The van der Waals surface area contributed by atoms with Crippen molar-refractivity contribution in [3.8, 4) is 5.75 Å².